The number of benzene rings is 4. The third-order valence-corrected chi connectivity index (χ3v) is 5.77. The smallest absolute Gasteiger partial charge is 0.300 e. The van der Waals surface area contributed by atoms with E-state index in [0.29, 0.717) is 0 Å². The Morgan fingerprint density at radius 1 is 0.595 bits per heavy atom. The van der Waals surface area contributed by atoms with E-state index < -0.39 is 0 Å². The summed E-state index contributed by atoms with van der Waals surface area (Å²) in [6.07, 6.45) is 0.0833. The van der Waals surface area contributed by atoms with Crippen LogP contribution in [0.3, 0.4) is 0 Å². The molecule has 0 fully saturated rings. The quantitative estimate of drug-likeness (QED) is 0.158. The Labute approximate surface area is 259 Å². The van der Waals surface area contributed by atoms with Crippen molar-refractivity contribution < 1.29 is 29.7 Å². The fourth-order valence-electron chi connectivity index (χ4n) is 4.25. The van der Waals surface area contributed by atoms with Crippen LogP contribution < -0.4 is 0 Å². The predicted octanol–water partition coefficient (Wildman–Crippen LogP) is 6.23. The fourth-order valence-corrected chi connectivity index (χ4v) is 4.25. The van der Waals surface area contributed by atoms with E-state index in [1.165, 1.54) is 25.0 Å². The molecule has 0 amide bonds. The van der Waals surface area contributed by atoms with E-state index in [0.717, 1.165) is 44.6 Å². The first kappa shape index (κ1) is 32.2. The molecule has 0 aliphatic heterocycles. The van der Waals surface area contributed by atoms with Crippen molar-refractivity contribution in [2.24, 2.45) is 0 Å². The van der Waals surface area contributed by atoms with Crippen LogP contribution in [0.15, 0.2) is 72.8 Å². The van der Waals surface area contributed by atoms with Crippen molar-refractivity contribution in [1.82, 2.24) is 30.0 Å². The third-order valence-electron chi connectivity index (χ3n) is 5.77. The molecule has 0 radical (unpaired) electrons. The average molecular weight is 737 g/mol. The Balaban J connectivity index is 0.000000186. The van der Waals surface area contributed by atoms with Gasteiger partial charge in [0.25, 0.3) is 0 Å². The molecule has 0 atom stereocenters. The zero-order valence-corrected chi connectivity index (χ0v) is 26.9. The van der Waals surface area contributed by atoms with E-state index in [-0.39, 0.29) is 38.1 Å². The zero-order chi connectivity index (χ0) is 29.5. The molecule has 2 aromatic heterocycles. The van der Waals surface area contributed by atoms with Gasteiger partial charge in [-0.15, -0.1) is 12.1 Å². The topological polar surface area (TPSA) is 95.6 Å². The van der Waals surface area contributed by atoms with E-state index in [4.69, 9.17) is 0 Å². The molecule has 42 heavy (non-hydrogen) atoms. The zero-order valence-electron chi connectivity index (χ0n) is 24.5. The number of hydrogen-bond acceptors (Lipinski definition) is 6. The van der Waals surface area contributed by atoms with E-state index in [1.54, 1.807) is 9.59 Å². The second-order valence-electron chi connectivity index (χ2n) is 9.99. The van der Waals surface area contributed by atoms with Gasteiger partial charge in [-0.25, -0.2) is 0 Å². The van der Waals surface area contributed by atoms with Crippen LogP contribution in [0.5, 0.6) is 0 Å². The van der Waals surface area contributed by atoms with E-state index in [1.807, 2.05) is 74.5 Å². The summed E-state index contributed by atoms with van der Waals surface area (Å²) in [5.41, 5.74) is 9.97. The molecule has 6 aromatic rings. The maximum Gasteiger partial charge on any atom is 3.00 e. The van der Waals surface area contributed by atoms with Crippen LogP contribution in [-0.4, -0.2) is 41.6 Å². The molecule has 214 valence electrons. The molecule has 0 N–H and O–H groups in total. The number of hydrogen-bond donors (Lipinski definition) is 0. The average Bonchev–Trinajstić information content (AvgIpc) is 3.52. The van der Waals surface area contributed by atoms with Gasteiger partial charge < -0.3 is 0 Å². The second-order valence-corrected chi connectivity index (χ2v) is 9.99. The maximum atomic E-state index is 10.0. The van der Waals surface area contributed by atoms with Gasteiger partial charge in [-0.05, 0) is 49.5 Å². The van der Waals surface area contributed by atoms with Gasteiger partial charge in [0.05, 0.1) is 6.42 Å². The number of carbonyl (C=O) groups excluding carboxylic acids is 2. The van der Waals surface area contributed by atoms with Crippen molar-refractivity contribution in [1.29, 1.82) is 0 Å². The van der Waals surface area contributed by atoms with Gasteiger partial charge in [0.1, 0.15) is 33.6 Å². The molecule has 0 saturated carbocycles. The molecule has 0 saturated heterocycles. The molecule has 0 spiro atoms. The Morgan fingerprint density at radius 2 is 0.905 bits per heavy atom. The fraction of sp³-hybridized carbons (Fsp3) is 0.212. The van der Waals surface area contributed by atoms with Gasteiger partial charge in [0.15, 0.2) is 0 Å². The number of aryl methyl sites for hydroxylation is 4. The van der Waals surface area contributed by atoms with Crippen LogP contribution in [0, 0.1) is 39.8 Å². The summed E-state index contributed by atoms with van der Waals surface area (Å²) in [4.78, 5) is 23.4. The Morgan fingerprint density at radius 3 is 1.14 bits per heavy atom. The van der Waals surface area contributed by atoms with Crippen molar-refractivity contribution in [3.05, 3.63) is 107 Å². The molecule has 0 aliphatic rings. The number of Topliss-reactive ketones (excluding diaryl/α,β-unsaturated/α-hetero) is 2. The first-order valence-electron chi connectivity index (χ1n) is 13.2. The molecular formula is C33H32IrN6O2+. The minimum Gasteiger partial charge on any atom is -0.300 e. The summed E-state index contributed by atoms with van der Waals surface area (Å²) in [5, 5.41) is 17.8. The molecule has 2 heterocycles. The van der Waals surface area contributed by atoms with Crippen LogP contribution in [0.2, 0.25) is 0 Å². The molecule has 0 aliphatic carbocycles. The summed E-state index contributed by atoms with van der Waals surface area (Å²) in [7, 11) is 0. The van der Waals surface area contributed by atoms with Crippen LogP contribution in [-0.2, 0) is 29.7 Å². The Hall–Kier alpha value is -4.33. The number of ketones is 2. The van der Waals surface area contributed by atoms with Crippen molar-refractivity contribution in [3.63, 3.8) is 0 Å². The van der Waals surface area contributed by atoms with Crippen LogP contribution in [0.4, 0.5) is 0 Å². The molecule has 0 bridgehead atoms. The standard InChI is InChI=1S/2C14H12N3.C5H8O2.Ir/c2*1-10-7-11(2)9-12(8-10)17-15-13-5-3-4-6-14(13)16-17;1-4(6)3-5(2)7;/h2*3-8H,1-2H3;3H2,1-2H3;/q2*-1;;+3. The molecule has 6 rings (SSSR count). The van der Waals surface area contributed by atoms with Crippen LogP contribution >= 0.6 is 0 Å². The van der Waals surface area contributed by atoms with Crippen molar-refractivity contribution in [3.8, 4) is 11.4 Å². The molecular weight excluding hydrogens is 705 g/mol. The monoisotopic (exact) mass is 737 g/mol. The minimum atomic E-state index is -0.0625. The molecule has 9 heteroatoms. The predicted molar refractivity (Wildman–Crippen MR) is 160 cm³/mol. The van der Waals surface area contributed by atoms with Crippen molar-refractivity contribution in [2.45, 2.75) is 48.0 Å². The van der Waals surface area contributed by atoms with E-state index in [2.05, 4.69) is 58.5 Å². The summed E-state index contributed by atoms with van der Waals surface area (Å²) in [6, 6.07) is 30.5. The van der Waals surface area contributed by atoms with Gasteiger partial charge in [-0.3, -0.25) is 9.59 Å². The van der Waals surface area contributed by atoms with Gasteiger partial charge in [-0.2, -0.15) is 76.5 Å². The van der Waals surface area contributed by atoms with Crippen LogP contribution in [0.1, 0.15) is 42.5 Å². The number of nitrogens with zero attached hydrogens (tertiary/aromatic N) is 6. The minimum absolute atomic E-state index is 0. The Kier molecular flexibility index (Phi) is 11.1. The summed E-state index contributed by atoms with van der Waals surface area (Å²) < 4.78 is 0. The van der Waals surface area contributed by atoms with Gasteiger partial charge in [0, 0.05) is 0 Å². The second kappa shape index (κ2) is 14.5. The normalized spacial score (nSPS) is 10.2. The molecule has 0 unspecified atom stereocenters. The molecule has 8 nitrogen and oxygen atoms in total. The summed E-state index contributed by atoms with van der Waals surface area (Å²) in [5.74, 6) is -0.125. The molecule has 4 aromatic carbocycles. The first-order chi connectivity index (χ1) is 19.6. The number of rotatable bonds is 4. The van der Waals surface area contributed by atoms with Crippen molar-refractivity contribution in [2.75, 3.05) is 0 Å². The summed E-state index contributed by atoms with van der Waals surface area (Å²) >= 11 is 0. The van der Waals surface area contributed by atoms with Gasteiger partial charge >= 0.3 is 20.1 Å². The summed E-state index contributed by atoms with van der Waals surface area (Å²) in [6.45, 7) is 11.0. The first-order valence-corrected chi connectivity index (χ1v) is 13.2. The number of fused-ring (bicyclic) bond motifs is 2. The van der Waals surface area contributed by atoms with Crippen molar-refractivity contribution >= 4 is 33.6 Å². The maximum absolute atomic E-state index is 10.0. The van der Waals surface area contributed by atoms with E-state index >= 15 is 0 Å². The third kappa shape index (κ3) is 8.83. The number of carbonyl (C=O) groups is 2. The largest absolute Gasteiger partial charge is 3.00 e. The van der Waals surface area contributed by atoms with E-state index in [9.17, 15) is 9.59 Å². The number of aromatic nitrogens is 6. The van der Waals surface area contributed by atoms with Crippen LogP contribution in [0.25, 0.3) is 33.4 Å². The van der Waals surface area contributed by atoms with Gasteiger partial charge in [-0.1, -0.05) is 52.0 Å². The Bertz CT molecular complexity index is 1600. The SMILES string of the molecule is CC(=O)CC(C)=O.Cc1[c-]c(-n2nc3ccccc3n2)cc(C)c1.Cc1[c-]c(-n2nc3ccccc3n2)cc(C)c1.[Ir+3]. The van der Waals surface area contributed by atoms with Gasteiger partial charge in [0.2, 0.25) is 0 Å².